The van der Waals surface area contributed by atoms with Gasteiger partial charge in [0.25, 0.3) is 0 Å². The predicted molar refractivity (Wildman–Crippen MR) is 118 cm³/mol. The number of fused-ring (bicyclic) bond motifs is 2. The van der Waals surface area contributed by atoms with Crippen LogP contribution in [0, 0.1) is 6.92 Å². The Balaban J connectivity index is 1.71. The Bertz CT molecular complexity index is 1400. The summed E-state index contributed by atoms with van der Waals surface area (Å²) in [6.45, 7) is 2.09. The predicted octanol–water partition coefficient (Wildman–Crippen LogP) is 6.26. The van der Waals surface area contributed by atoms with Crippen molar-refractivity contribution in [3.63, 3.8) is 0 Å². The molecule has 4 nitrogen and oxygen atoms in total. The molecule has 2 heterocycles. The summed E-state index contributed by atoms with van der Waals surface area (Å²) in [6, 6.07) is 24.0. The van der Waals surface area contributed by atoms with Crippen LogP contribution < -0.4 is 10.1 Å². The van der Waals surface area contributed by atoms with Gasteiger partial charge in [0, 0.05) is 17.0 Å². The third-order valence-corrected chi connectivity index (χ3v) is 5.69. The van der Waals surface area contributed by atoms with Crippen LogP contribution in [0.4, 0.5) is 5.13 Å². The van der Waals surface area contributed by atoms with Crippen LogP contribution in [0.5, 0.6) is 5.75 Å². The van der Waals surface area contributed by atoms with Crippen molar-refractivity contribution in [3.8, 4) is 17.1 Å². The summed E-state index contributed by atoms with van der Waals surface area (Å²) in [5, 5.41) is 2.54. The highest BCUT2D eigenvalue weighted by Crippen LogP contribution is 2.29. The number of aromatic nitrogens is 1. The molecule has 0 aliphatic carbocycles. The van der Waals surface area contributed by atoms with E-state index in [1.54, 1.807) is 18.4 Å². The van der Waals surface area contributed by atoms with E-state index >= 15 is 0 Å². The average molecular weight is 398 g/mol. The molecule has 0 radical (unpaired) electrons. The third-order valence-electron chi connectivity index (χ3n) is 4.77. The molecule has 0 aliphatic heterocycles. The summed E-state index contributed by atoms with van der Waals surface area (Å²) in [5.41, 5.74) is 3.95. The number of hydrogen-bond acceptors (Lipinski definition) is 5. The molecule has 5 heteroatoms. The highest BCUT2D eigenvalue weighted by molar-refractivity contribution is 7.21. The Labute approximate surface area is 171 Å². The molecule has 0 amide bonds. The van der Waals surface area contributed by atoms with Gasteiger partial charge < -0.3 is 9.15 Å². The number of nitrogens with zero attached hydrogens (tertiary/aromatic N) is 2. The SMILES string of the molecule is COc1ccc(-c2cc(=Nc3nc4ccc(C)cc4s3)c3ccccc3o2)cc1. The van der Waals surface area contributed by atoms with Crippen LogP contribution in [0.3, 0.4) is 0 Å². The Hall–Kier alpha value is -3.44. The van der Waals surface area contributed by atoms with Crippen LogP contribution in [0.15, 0.2) is 82.2 Å². The minimum absolute atomic E-state index is 0.739. The fraction of sp³-hybridized carbons (Fsp3) is 0.0833. The summed E-state index contributed by atoms with van der Waals surface area (Å²) in [4.78, 5) is 9.56. The number of methoxy groups -OCH3 is 1. The van der Waals surface area contributed by atoms with Crippen molar-refractivity contribution >= 4 is 37.7 Å². The molecule has 0 atom stereocenters. The zero-order valence-corrected chi connectivity index (χ0v) is 16.9. The van der Waals surface area contributed by atoms with Crippen molar-refractivity contribution in [3.05, 3.63) is 83.7 Å². The molecule has 2 aromatic heterocycles. The van der Waals surface area contributed by atoms with E-state index in [0.29, 0.717) is 0 Å². The third kappa shape index (κ3) is 3.41. The average Bonchev–Trinajstić information content (AvgIpc) is 3.15. The van der Waals surface area contributed by atoms with Crippen molar-refractivity contribution < 1.29 is 9.15 Å². The van der Waals surface area contributed by atoms with Gasteiger partial charge in [0.2, 0.25) is 5.13 Å². The topological polar surface area (TPSA) is 47.6 Å². The lowest BCUT2D eigenvalue weighted by Crippen LogP contribution is -2.02. The molecule has 0 saturated carbocycles. The maximum absolute atomic E-state index is 6.16. The van der Waals surface area contributed by atoms with Gasteiger partial charge in [-0.15, -0.1) is 0 Å². The van der Waals surface area contributed by atoms with E-state index in [4.69, 9.17) is 14.1 Å². The van der Waals surface area contributed by atoms with Crippen LogP contribution >= 0.6 is 11.3 Å². The van der Waals surface area contributed by atoms with Crippen LogP contribution in [0.2, 0.25) is 0 Å². The van der Waals surface area contributed by atoms with E-state index in [9.17, 15) is 0 Å². The van der Waals surface area contributed by atoms with Gasteiger partial charge in [-0.3, -0.25) is 0 Å². The lowest BCUT2D eigenvalue weighted by Gasteiger charge is -2.05. The van der Waals surface area contributed by atoms with Crippen molar-refractivity contribution in [2.45, 2.75) is 6.92 Å². The van der Waals surface area contributed by atoms with Gasteiger partial charge in [0.1, 0.15) is 17.1 Å². The number of rotatable bonds is 3. The largest absolute Gasteiger partial charge is 0.497 e. The lowest BCUT2D eigenvalue weighted by molar-refractivity contribution is 0.415. The first-order valence-electron chi connectivity index (χ1n) is 9.29. The number of hydrogen-bond donors (Lipinski definition) is 0. The molecule has 3 aromatic carbocycles. The Morgan fingerprint density at radius 1 is 0.966 bits per heavy atom. The summed E-state index contributed by atoms with van der Waals surface area (Å²) < 4.78 is 12.6. The lowest BCUT2D eigenvalue weighted by atomic mass is 10.1. The second kappa shape index (κ2) is 7.18. The van der Waals surface area contributed by atoms with Gasteiger partial charge >= 0.3 is 0 Å². The first-order valence-corrected chi connectivity index (χ1v) is 10.1. The van der Waals surface area contributed by atoms with Gasteiger partial charge in [-0.1, -0.05) is 29.5 Å². The molecule has 0 aliphatic rings. The second-order valence-corrected chi connectivity index (χ2v) is 7.81. The van der Waals surface area contributed by atoms with E-state index in [1.165, 1.54) is 5.56 Å². The van der Waals surface area contributed by atoms with Crippen molar-refractivity contribution in [1.29, 1.82) is 0 Å². The van der Waals surface area contributed by atoms with Gasteiger partial charge in [0.05, 0.1) is 22.7 Å². The maximum Gasteiger partial charge on any atom is 0.210 e. The van der Waals surface area contributed by atoms with Crippen molar-refractivity contribution in [2.75, 3.05) is 7.11 Å². The Morgan fingerprint density at radius 3 is 2.62 bits per heavy atom. The van der Waals surface area contributed by atoms with E-state index < -0.39 is 0 Å². The molecular weight excluding hydrogens is 380 g/mol. The quantitative estimate of drug-likeness (QED) is 0.360. The van der Waals surface area contributed by atoms with Gasteiger partial charge in [-0.05, 0) is 61.0 Å². The fourth-order valence-corrected chi connectivity index (χ4v) is 4.23. The summed E-state index contributed by atoms with van der Waals surface area (Å²) >= 11 is 1.60. The first kappa shape index (κ1) is 17.6. The van der Waals surface area contributed by atoms with Crippen molar-refractivity contribution in [1.82, 2.24) is 4.98 Å². The summed E-state index contributed by atoms with van der Waals surface area (Å²) in [6.07, 6.45) is 0. The Kier molecular flexibility index (Phi) is 4.37. The van der Waals surface area contributed by atoms with Crippen LogP contribution in [0.1, 0.15) is 5.56 Å². The fourth-order valence-electron chi connectivity index (χ4n) is 3.28. The maximum atomic E-state index is 6.16. The molecule has 0 saturated heterocycles. The van der Waals surface area contributed by atoms with E-state index in [2.05, 4.69) is 24.0 Å². The highest BCUT2D eigenvalue weighted by Gasteiger charge is 2.08. The number of para-hydroxylation sites is 1. The number of benzene rings is 3. The monoisotopic (exact) mass is 398 g/mol. The molecule has 5 aromatic rings. The molecule has 0 spiro atoms. The van der Waals surface area contributed by atoms with Gasteiger partial charge in [-0.2, -0.15) is 0 Å². The molecule has 5 rings (SSSR count). The molecule has 0 N–H and O–H groups in total. The van der Waals surface area contributed by atoms with Crippen LogP contribution in [-0.2, 0) is 0 Å². The molecule has 0 fully saturated rings. The molecular formula is C24H18N2O2S. The summed E-state index contributed by atoms with van der Waals surface area (Å²) in [7, 11) is 1.66. The molecule has 0 unspecified atom stereocenters. The van der Waals surface area contributed by atoms with Crippen LogP contribution in [-0.4, -0.2) is 12.1 Å². The minimum atomic E-state index is 0.739. The number of aryl methyl sites for hydroxylation is 1. The highest BCUT2D eigenvalue weighted by atomic mass is 32.1. The van der Waals surface area contributed by atoms with Crippen molar-refractivity contribution in [2.24, 2.45) is 4.99 Å². The van der Waals surface area contributed by atoms with E-state index in [0.717, 1.165) is 48.7 Å². The number of thiazole rings is 1. The van der Waals surface area contributed by atoms with Crippen LogP contribution in [0.25, 0.3) is 32.5 Å². The van der Waals surface area contributed by atoms with E-state index in [-0.39, 0.29) is 0 Å². The normalized spacial score (nSPS) is 12.0. The minimum Gasteiger partial charge on any atom is -0.497 e. The molecule has 142 valence electrons. The van der Waals surface area contributed by atoms with E-state index in [1.807, 2.05) is 60.7 Å². The smallest absolute Gasteiger partial charge is 0.210 e. The molecule has 0 bridgehead atoms. The second-order valence-electron chi connectivity index (χ2n) is 6.80. The zero-order chi connectivity index (χ0) is 19.8. The first-order chi connectivity index (χ1) is 14.2. The molecule has 29 heavy (non-hydrogen) atoms. The number of ether oxygens (including phenoxy) is 1. The zero-order valence-electron chi connectivity index (χ0n) is 16.0. The Morgan fingerprint density at radius 2 is 1.79 bits per heavy atom. The standard InChI is InChI=1S/C24H18N2O2S/c1-15-7-12-19-23(13-15)29-24(25-19)26-20-14-22(16-8-10-17(27-2)11-9-16)28-21-6-4-3-5-18(20)21/h3-14H,1-2H3. The van der Waals surface area contributed by atoms with Gasteiger partial charge in [0.15, 0.2) is 0 Å². The van der Waals surface area contributed by atoms with Gasteiger partial charge in [-0.25, -0.2) is 9.98 Å². The summed E-state index contributed by atoms with van der Waals surface area (Å²) in [5.74, 6) is 1.56.